The Kier molecular flexibility index (Phi) is 3.28. The van der Waals surface area contributed by atoms with E-state index in [2.05, 4.69) is 4.98 Å². The van der Waals surface area contributed by atoms with Crippen molar-refractivity contribution in [2.45, 2.75) is 17.4 Å². The predicted molar refractivity (Wildman–Crippen MR) is 60.3 cm³/mol. The number of nitrogens with zero attached hydrogens (tertiary/aromatic N) is 3. The van der Waals surface area contributed by atoms with Crippen LogP contribution in [0.2, 0.25) is 0 Å². The van der Waals surface area contributed by atoms with Crippen LogP contribution in [0, 0.1) is 10.1 Å². The van der Waals surface area contributed by atoms with Crippen molar-refractivity contribution < 1.29 is 18.4 Å². The van der Waals surface area contributed by atoms with Crippen LogP contribution in [-0.4, -0.2) is 46.9 Å². The molecule has 0 unspecified atom stereocenters. The van der Waals surface area contributed by atoms with Crippen LogP contribution < -0.4 is 0 Å². The lowest BCUT2D eigenvalue weighted by Crippen LogP contribution is -2.29. The summed E-state index contributed by atoms with van der Waals surface area (Å²) in [5, 5.41) is 19.7. The average molecular weight is 273 g/mol. The second kappa shape index (κ2) is 4.59. The molecule has 1 atom stereocenters. The maximum Gasteiger partial charge on any atom is 0.363 e. The molecule has 0 saturated carbocycles. The third kappa shape index (κ3) is 2.33. The van der Waals surface area contributed by atoms with Gasteiger partial charge in [0.2, 0.25) is 10.0 Å². The molecule has 0 spiro atoms. The van der Waals surface area contributed by atoms with Crippen LogP contribution in [0.5, 0.6) is 0 Å². The van der Waals surface area contributed by atoms with E-state index >= 15 is 0 Å². The molecule has 8 nitrogen and oxygen atoms in total. The Labute approximate surface area is 103 Å². The van der Waals surface area contributed by atoms with Gasteiger partial charge in [-0.2, -0.15) is 4.31 Å². The average Bonchev–Trinajstić information content (AvgIpc) is 2.76. The number of aromatic nitrogens is 1. The Morgan fingerprint density at radius 2 is 2.22 bits per heavy atom. The minimum absolute atomic E-state index is 0.0410. The van der Waals surface area contributed by atoms with Crippen molar-refractivity contribution in [1.82, 2.24) is 9.29 Å². The van der Waals surface area contributed by atoms with Gasteiger partial charge >= 0.3 is 5.82 Å². The van der Waals surface area contributed by atoms with Gasteiger partial charge in [-0.25, -0.2) is 8.42 Å². The van der Waals surface area contributed by atoms with Crippen molar-refractivity contribution >= 4 is 15.8 Å². The summed E-state index contributed by atoms with van der Waals surface area (Å²) in [5.74, 6) is -0.407. The molecule has 2 heterocycles. The molecule has 0 amide bonds. The third-order valence-corrected chi connectivity index (χ3v) is 4.52. The Balaban J connectivity index is 2.27. The van der Waals surface area contributed by atoms with Crippen LogP contribution in [0.1, 0.15) is 6.42 Å². The highest BCUT2D eigenvalue weighted by atomic mass is 32.2. The summed E-state index contributed by atoms with van der Waals surface area (Å²) in [5.41, 5.74) is 0. The lowest BCUT2D eigenvalue weighted by atomic mass is 10.3. The van der Waals surface area contributed by atoms with E-state index in [4.69, 9.17) is 0 Å². The largest absolute Gasteiger partial charge is 0.392 e. The lowest BCUT2D eigenvalue weighted by molar-refractivity contribution is -0.389. The van der Waals surface area contributed by atoms with Gasteiger partial charge in [0.15, 0.2) is 6.20 Å². The zero-order chi connectivity index (χ0) is 13.3. The van der Waals surface area contributed by atoms with E-state index in [0.717, 1.165) is 22.6 Å². The van der Waals surface area contributed by atoms with Gasteiger partial charge in [-0.05, 0) is 22.4 Å². The van der Waals surface area contributed by atoms with Crippen molar-refractivity contribution in [3.63, 3.8) is 0 Å². The Bertz CT molecular complexity index is 556. The first kappa shape index (κ1) is 12.9. The number of aliphatic hydroxyl groups is 1. The van der Waals surface area contributed by atoms with E-state index in [-0.39, 0.29) is 18.0 Å². The first-order valence-corrected chi connectivity index (χ1v) is 6.64. The third-order valence-electron chi connectivity index (χ3n) is 2.67. The fourth-order valence-corrected chi connectivity index (χ4v) is 3.15. The second-order valence-electron chi connectivity index (χ2n) is 3.91. The number of aliphatic hydroxyl groups excluding tert-OH is 1. The van der Waals surface area contributed by atoms with Crippen LogP contribution in [0.15, 0.2) is 23.2 Å². The fourth-order valence-electron chi connectivity index (χ4n) is 1.71. The molecule has 1 aromatic heterocycles. The zero-order valence-electron chi connectivity index (χ0n) is 9.26. The van der Waals surface area contributed by atoms with Gasteiger partial charge in [-0.15, -0.1) is 0 Å². The molecule has 1 saturated heterocycles. The molecule has 98 valence electrons. The van der Waals surface area contributed by atoms with Crippen molar-refractivity contribution in [3.8, 4) is 0 Å². The molecule has 1 N–H and O–H groups in total. The number of sulfonamides is 1. The molecule has 0 aromatic carbocycles. The van der Waals surface area contributed by atoms with Gasteiger partial charge in [-0.3, -0.25) is 0 Å². The molecule has 18 heavy (non-hydrogen) atoms. The summed E-state index contributed by atoms with van der Waals surface area (Å²) in [6.45, 7) is 0.278. The monoisotopic (exact) mass is 273 g/mol. The number of nitro groups is 1. The van der Waals surface area contributed by atoms with Crippen molar-refractivity contribution in [2.75, 3.05) is 13.1 Å². The molecule has 0 bridgehead atoms. The van der Waals surface area contributed by atoms with Crippen molar-refractivity contribution in [3.05, 3.63) is 28.4 Å². The Morgan fingerprint density at radius 1 is 1.50 bits per heavy atom. The molecule has 1 aliphatic rings. The molecule has 1 fully saturated rings. The van der Waals surface area contributed by atoms with Gasteiger partial charge in [0.25, 0.3) is 0 Å². The summed E-state index contributed by atoms with van der Waals surface area (Å²) in [6, 6.07) is 2.19. The Hall–Kier alpha value is -1.58. The standard InChI is InChI=1S/C9H11N3O5S/c13-7-3-4-11(6-7)18(16,17)8-1-2-9(10-5-8)12(14)15/h1-2,5,7,13H,3-4,6H2/t7-/m1/s1. The number of rotatable bonds is 3. The minimum Gasteiger partial charge on any atom is -0.392 e. The summed E-state index contributed by atoms with van der Waals surface area (Å²) in [4.78, 5) is 13.1. The summed E-state index contributed by atoms with van der Waals surface area (Å²) < 4.78 is 25.3. The molecule has 1 aliphatic heterocycles. The predicted octanol–water partition coefficient (Wildman–Crippen LogP) is -0.255. The minimum atomic E-state index is -3.73. The lowest BCUT2D eigenvalue weighted by Gasteiger charge is -2.14. The van der Waals surface area contributed by atoms with Crippen LogP contribution >= 0.6 is 0 Å². The molecule has 9 heteroatoms. The van der Waals surface area contributed by atoms with Crippen LogP contribution in [0.3, 0.4) is 0 Å². The molecular formula is C9H11N3O5S. The van der Waals surface area contributed by atoms with E-state index in [1.165, 1.54) is 0 Å². The van der Waals surface area contributed by atoms with E-state index in [1.807, 2.05) is 0 Å². The first-order chi connectivity index (χ1) is 8.41. The highest BCUT2D eigenvalue weighted by molar-refractivity contribution is 7.89. The van der Waals surface area contributed by atoms with Crippen molar-refractivity contribution in [1.29, 1.82) is 0 Å². The highest BCUT2D eigenvalue weighted by Crippen LogP contribution is 2.21. The van der Waals surface area contributed by atoms with Crippen LogP contribution in [-0.2, 0) is 10.0 Å². The van der Waals surface area contributed by atoms with E-state index < -0.39 is 26.9 Å². The van der Waals surface area contributed by atoms with Gasteiger partial charge in [0.1, 0.15) is 4.90 Å². The second-order valence-corrected chi connectivity index (χ2v) is 5.85. The summed E-state index contributed by atoms with van der Waals surface area (Å²) in [6.07, 6.45) is 0.684. The van der Waals surface area contributed by atoms with Gasteiger partial charge < -0.3 is 15.2 Å². The number of hydrogen-bond donors (Lipinski definition) is 1. The SMILES string of the molecule is O=[N+]([O-])c1ccc(S(=O)(=O)N2CC[C@@H](O)C2)cn1. The molecule has 0 aliphatic carbocycles. The molecule has 2 rings (SSSR count). The Morgan fingerprint density at radius 3 is 2.67 bits per heavy atom. The van der Waals surface area contributed by atoms with E-state index in [9.17, 15) is 23.6 Å². The normalized spacial score (nSPS) is 21.1. The first-order valence-electron chi connectivity index (χ1n) is 5.20. The van der Waals surface area contributed by atoms with Crippen molar-refractivity contribution in [2.24, 2.45) is 0 Å². The molecule has 0 radical (unpaired) electrons. The smallest absolute Gasteiger partial charge is 0.363 e. The van der Waals surface area contributed by atoms with Crippen LogP contribution in [0.25, 0.3) is 0 Å². The molecule has 1 aromatic rings. The highest BCUT2D eigenvalue weighted by Gasteiger charge is 2.32. The number of hydrogen-bond acceptors (Lipinski definition) is 6. The fraction of sp³-hybridized carbons (Fsp3) is 0.444. The van der Waals surface area contributed by atoms with Gasteiger partial charge in [0.05, 0.1) is 6.10 Å². The maximum absolute atomic E-state index is 12.1. The summed E-state index contributed by atoms with van der Waals surface area (Å²) in [7, 11) is -3.73. The quantitative estimate of drug-likeness (QED) is 0.599. The molecular weight excluding hydrogens is 262 g/mol. The van der Waals surface area contributed by atoms with Crippen LogP contribution in [0.4, 0.5) is 5.82 Å². The summed E-state index contributed by atoms with van der Waals surface area (Å²) >= 11 is 0. The van der Waals surface area contributed by atoms with E-state index in [0.29, 0.717) is 6.42 Å². The van der Waals surface area contributed by atoms with Gasteiger partial charge in [-0.1, -0.05) is 0 Å². The topological polar surface area (TPSA) is 114 Å². The maximum atomic E-state index is 12.1. The van der Waals surface area contributed by atoms with E-state index in [1.54, 1.807) is 0 Å². The zero-order valence-corrected chi connectivity index (χ0v) is 10.1. The number of β-amino-alcohol motifs (C(OH)–C–C–N with tert-alkyl or cyclic N) is 1. The number of pyridine rings is 1. The van der Waals surface area contributed by atoms with Gasteiger partial charge in [0, 0.05) is 19.2 Å².